The normalized spacial score (nSPS) is 22.6. The van der Waals surface area contributed by atoms with Crippen LogP contribution in [0, 0.1) is 5.92 Å². The van der Waals surface area contributed by atoms with Crippen LogP contribution in [0.3, 0.4) is 0 Å². The van der Waals surface area contributed by atoms with Crippen molar-refractivity contribution in [3.05, 3.63) is 11.9 Å². The van der Waals surface area contributed by atoms with Crippen molar-refractivity contribution in [1.29, 1.82) is 0 Å². The summed E-state index contributed by atoms with van der Waals surface area (Å²) in [6, 6.07) is 0.388. The molecule has 1 aromatic rings. The first-order valence-electron chi connectivity index (χ1n) is 8.01. The molecule has 4 nitrogen and oxygen atoms in total. The molecule has 1 fully saturated rings. The van der Waals surface area contributed by atoms with Crippen LogP contribution in [0.5, 0.6) is 5.75 Å². The summed E-state index contributed by atoms with van der Waals surface area (Å²) >= 11 is 0. The molecule has 1 N–H and O–H groups in total. The lowest BCUT2D eigenvalue weighted by atomic mass is 9.92. The molecule has 0 amide bonds. The highest BCUT2D eigenvalue weighted by atomic mass is 16.5. The van der Waals surface area contributed by atoms with Gasteiger partial charge in [0.05, 0.1) is 19.0 Å². The van der Waals surface area contributed by atoms with Gasteiger partial charge in [0, 0.05) is 12.0 Å². The molecular weight excluding hydrogens is 250 g/mol. The van der Waals surface area contributed by atoms with Gasteiger partial charge in [-0.15, -0.1) is 0 Å². The minimum absolute atomic E-state index is 0.388. The summed E-state index contributed by atoms with van der Waals surface area (Å²) in [4.78, 5) is 0. The molecule has 2 unspecified atom stereocenters. The van der Waals surface area contributed by atoms with E-state index in [1.54, 1.807) is 7.11 Å². The molecule has 0 radical (unpaired) electrons. The third-order valence-electron chi connectivity index (χ3n) is 4.35. The number of aromatic nitrogens is 2. The van der Waals surface area contributed by atoms with Crippen LogP contribution < -0.4 is 10.1 Å². The molecule has 1 aliphatic rings. The monoisotopic (exact) mass is 279 g/mol. The van der Waals surface area contributed by atoms with E-state index < -0.39 is 0 Å². The van der Waals surface area contributed by atoms with Crippen LogP contribution in [-0.4, -0.2) is 30.0 Å². The van der Waals surface area contributed by atoms with E-state index >= 15 is 0 Å². The molecule has 1 saturated carbocycles. The average Bonchev–Trinajstić information content (AvgIpc) is 3.03. The molecule has 0 saturated heterocycles. The van der Waals surface area contributed by atoms with Gasteiger partial charge in [-0.25, -0.2) is 0 Å². The van der Waals surface area contributed by atoms with Crippen LogP contribution in [0.25, 0.3) is 0 Å². The fourth-order valence-corrected chi connectivity index (χ4v) is 3.38. The number of nitrogens with one attached hydrogen (secondary N) is 1. The fraction of sp³-hybridized carbons (Fsp3) is 0.812. The number of methoxy groups -OCH3 is 1. The number of rotatable bonds is 7. The SMILES string of the molecule is CCCNCC1CCCC1c1c(OC)cnn1C(C)C. The Hall–Kier alpha value is -1.03. The lowest BCUT2D eigenvalue weighted by Crippen LogP contribution is -2.26. The number of hydrogen-bond donors (Lipinski definition) is 1. The summed E-state index contributed by atoms with van der Waals surface area (Å²) in [5, 5.41) is 8.12. The third-order valence-corrected chi connectivity index (χ3v) is 4.35. The Labute approximate surface area is 122 Å². The summed E-state index contributed by atoms with van der Waals surface area (Å²) in [5.41, 5.74) is 1.31. The van der Waals surface area contributed by atoms with E-state index in [0.717, 1.165) is 18.8 Å². The van der Waals surface area contributed by atoms with Crippen molar-refractivity contribution in [2.45, 2.75) is 58.4 Å². The second-order valence-electron chi connectivity index (χ2n) is 6.14. The standard InChI is InChI=1S/C16H29N3O/c1-5-9-17-10-13-7-6-8-14(13)16-15(20-4)11-18-19(16)12(2)3/h11-14,17H,5-10H2,1-4H3. The molecule has 1 heterocycles. The van der Waals surface area contributed by atoms with Crippen LogP contribution >= 0.6 is 0 Å². The molecule has 4 heteroatoms. The minimum Gasteiger partial charge on any atom is -0.493 e. The Bertz CT molecular complexity index is 414. The highest BCUT2D eigenvalue weighted by Gasteiger charge is 2.33. The minimum atomic E-state index is 0.388. The maximum absolute atomic E-state index is 5.56. The van der Waals surface area contributed by atoms with E-state index in [1.165, 1.54) is 31.4 Å². The summed E-state index contributed by atoms with van der Waals surface area (Å²) in [5.74, 6) is 2.26. The molecular formula is C16H29N3O. The van der Waals surface area contributed by atoms with E-state index in [4.69, 9.17) is 4.74 Å². The van der Waals surface area contributed by atoms with Gasteiger partial charge in [-0.1, -0.05) is 13.3 Å². The van der Waals surface area contributed by atoms with Gasteiger partial charge in [0.1, 0.15) is 0 Å². The highest BCUT2D eigenvalue weighted by molar-refractivity contribution is 5.30. The molecule has 114 valence electrons. The van der Waals surface area contributed by atoms with E-state index in [0.29, 0.717) is 17.9 Å². The third kappa shape index (κ3) is 3.17. The quantitative estimate of drug-likeness (QED) is 0.778. The molecule has 2 atom stereocenters. The molecule has 0 bridgehead atoms. The Morgan fingerprint density at radius 1 is 1.45 bits per heavy atom. The van der Waals surface area contributed by atoms with Gasteiger partial charge in [0.15, 0.2) is 5.75 Å². The smallest absolute Gasteiger partial charge is 0.160 e. The average molecular weight is 279 g/mol. The number of ether oxygens (including phenoxy) is 1. The van der Waals surface area contributed by atoms with Gasteiger partial charge in [0.2, 0.25) is 0 Å². The zero-order chi connectivity index (χ0) is 14.5. The first-order chi connectivity index (χ1) is 9.69. The van der Waals surface area contributed by atoms with Crippen LogP contribution in [0.4, 0.5) is 0 Å². The first-order valence-corrected chi connectivity index (χ1v) is 8.01. The Morgan fingerprint density at radius 2 is 2.25 bits per heavy atom. The molecule has 0 spiro atoms. The van der Waals surface area contributed by atoms with E-state index in [9.17, 15) is 0 Å². The molecule has 0 aromatic carbocycles. The zero-order valence-electron chi connectivity index (χ0n) is 13.4. The van der Waals surface area contributed by atoms with Gasteiger partial charge < -0.3 is 10.1 Å². The maximum atomic E-state index is 5.56. The van der Waals surface area contributed by atoms with Crippen molar-refractivity contribution in [1.82, 2.24) is 15.1 Å². The summed E-state index contributed by atoms with van der Waals surface area (Å²) < 4.78 is 7.71. The topological polar surface area (TPSA) is 39.1 Å². The van der Waals surface area contributed by atoms with Crippen molar-refractivity contribution in [2.75, 3.05) is 20.2 Å². The largest absolute Gasteiger partial charge is 0.493 e. The van der Waals surface area contributed by atoms with E-state index in [1.807, 2.05) is 6.20 Å². The highest BCUT2D eigenvalue weighted by Crippen LogP contribution is 2.43. The Balaban J connectivity index is 2.18. The number of hydrogen-bond acceptors (Lipinski definition) is 3. The summed E-state index contributed by atoms with van der Waals surface area (Å²) in [6.07, 6.45) is 6.96. The van der Waals surface area contributed by atoms with Crippen molar-refractivity contribution < 1.29 is 4.74 Å². The van der Waals surface area contributed by atoms with Crippen molar-refractivity contribution >= 4 is 0 Å². The van der Waals surface area contributed by atoms with Crippen molar-refractivity contribution in [3.63, 3.8) is 0 Å². The van der Waals surface area contributed by atoms with E-state index in [2.05, 4.69) is 35.9 Å². The molecule has 0 aliphatic heterocycles. The molecule has 2 rings (SSSR count). The second kappa shape index (κ2) is 7.11. The maximum Gasteiger partial charge on any atom is 0.160 e. The summed E-state index contributed by atoms with van der Waals surface area (Å²) in [7, 11) is 1.75. The van der Waals surface area contributed by atoms with Crippen molar-refractivity contribution in [3.8, 4) is 5.75 Å². The van der Waals surface area contributed by atoms with Gasteiger partial charge in [-0.3, -0.25) is 4.68 Å². The lowest BCUT2D eigenvalue weighted by molar-refractivity contribution is 0.370. The Morgan fingerprint density at radius 3 is 2.90 bits per heavy atom. The molecule has 1 aromatic heterocycles. The second-order valence-corrected chi connectivity index (χ2v) is 6.14. The van der Waals surface area contributed by atoms with Crippen LogP contribution in [0.2, 0.25) is 0 Å². The van der Waals surface area contributed by atoms with Gasteiger partial charge >= 0.3 is 0 Å². The van der Waals surface area contributed by atoms with E-state index in [-0.39, 0.29) is 0 Å². The van der Waals surface area contributed by atoms with Gasteiger partial charge in [-0.05, 0) is 52.1 Å². The fourth-order valence-electron chi connectivity index (χ4n) is 3.38. The first kappa shape index (κ1) is 15.4. The van der Waals surface area contributed by atoms with Crippen LogP contribution in [0.1, 0.15) is 64.1 Å². The van der Waals surface area contributed by atoms with Gasteiger partial charge in [-0.2, -0.15) is 5.10 Å². The van der Waals surface area contributed by atoms with Crippen molar-refractivity contribution in [2.24, 2.45) is 5.92 Å². The lowest BCUT2D eigenvalue weighted by Gasteiger charge is -2.23. The predicted octanol–water partition coefficient (Wildman–Crippen LogP) is 3.36. The van der Waals surface area contributed by atoms with Crippen LogP contribution in [0.15, 0.2) is 6.20 Å². The summed E-state index contributed by atoms with van der Waals surface area (Å²) in [6.45, 7) is 8.83. The van der Waals surface area contributed by atoms with Crippen LogP contribution in [-0.2, 0) is 0 Å². The zero-order valence-corrected chi connectivity index (χ0v) is 13.4. The predicted molar refractivity (Wildman–Crippen MR) is 82.4 cm³/mol. The Kier molecular flexibility index (Phi) is 5.46. The van der Waals surface area contributed by atoms with Gasteiger partial charge in [0.25, 0.3) is 0 Å². The molecule has 20 heavy (non-hydrogen) atoms. The molecule has 1 aliphatic carbocycles. The number of nitrogens with zero attached hydrogens (tertiary/aromatic N) is 2.